The number of benzene rings is 3. The third-order valence-corrected chi connectivity index (χ3v) is 4.64. The van der Waals surface area contributed by atoms with E-state index in [0.29, 0.717) is 25.4 Å². The fourth-order valence-corrected chi connectivity index (χ4v) is 3.05. The summed E-state index contributed by atoms with van der Waals surface area (Å²) >= 11 is 0. The number of aliphatic hydroxyl groups is 1. The van der Waals surface area contributed by atoms with E-state index < -0.39 is 6.10 Å². The third-order valence-electron chi connectivity index (χ3n) is 4.64. The summed E-state index contributed by atoms with van der Waals surface area (Å²) in [5.41, 5.74) is 4.23. The van der Waals surface area contributed by atoms with Crippen molar-refractivity contribution in [3.63, 3.8) is 0 Å². The van der Waals surface area contributed by atoms with Crippen LogP contribution in [0.25, 0.3) is 5.57 Å². The molecule has 1 unspecified atom stereocenters. The molecule has 3 aromatic carbocycles. The van der Waals surface area contributed by atoms with Crippen LogP contribution in [0.2, 0.25) is 0 Å². The minimum absolute atomic E-state index is 0.325. The van der Waals surface area contributed by atoms with E-state index in [2.05, 4.69) is 0 Å². The summed E-state index contributed by atoms with van der Waals surface area (Å²) in [6.07, 6.45) is 1.11. The molecule has 154 valence electrons. The van der Waals surface area contributed by atoms with E-state index in [1.807, 2.05) is 78.9 Å². The maximum absolute atomic E-state index is 11.8. The first-order chi connectivity index (χ1) is 14.7. The van der Waals surface area contributed by atoms with Crippen LogP contribution in [0.5, 0.6) is 0 Å². The number of aliphatic hydroxyl groups excluding tert-OH is 1. The highest BCUT2D eigenvalue weighted by molar-refractivity contribution is 5.89. The number of rotatable bonds is 9. The maximum atomic E-state index is 11.8. The molecule has 3 aromatic rings. The van der Waals surface area contributed by atoms with E-state index in [4.69, 9.17) is 9.47 Å². The Morgan fingerprint density at radius 2 is 1.53 bits per heavy atom. The summed E-state index contributed by atoms with van der Waals surface area (Å²) in [5.74, 6) is -0.325. The predicted octanol–water partition coefficient (Wildman–Crippen LogP) is 5.20. The molecule has 0 aromatic heterocycles. The lowest BCUT2D eigenvalue weighted by Gasteiger charge is -2.13. The molecule has 0 aliphatic carbocycles. The van der Waals surface area contributed by atoms with Gasteiger partial charge in [-0.1, -0.05) is 72.8 Å². The van der Waals surface area contributed by atoms with Crippen LogP contribution in [-0.2, 0) is 16.1 Å². The van der Waals surface area contributed by atoms with Gasteiger partial charge in [-0.15, -0.1) is 0 Å². The summed E-state index contributed by atoms with van der Waals surface area (Å²) in [7, 11) is 0. The lowest BCUT2D eigenvalue weighted by atomic mass is 10.0. The highest BCUT2D eigenvalue weighted by Crippen LogP contribution is 2.22. The summed E-state index contributed by atoms with van der Waals surface area (Å²) in [5, 5.41) is 10.6. The molecular formula is C26H26O4. The number of esters is 1. The Kier molecular flexibility index (Phi) is 7.95. The van der Waals surface area contributed by atoms with Crippen LogP contribution in [0.4, 0.5) is 0 Å². The van der Waals surface area contributed by atoms with E-state index in [9.17, 15) is 9.90 Å². The molecule has 4 heteroatoms. The highest BCUT2D eigenvalue weighted by Gasteiger charge is 2.09. The van der Waals surface area contributed by atoms with Gasteiger partial charge in [0.15, 0.2) is 0 Å². The molecule has 4 nitrogen and oxygen atoms in total. The number of hydrogen-bond donors (Lipinski definition) is 1. The molecule has 1 N–H and O–H groups in total. The Balaban J connectivity index is 1.67. The van der Waals surface area contributed by atoms with E-state index >= 15 is 0 Å². The van der Waals surface area contributed by atoms with Gasteiger partial charge in [0.05, 0.1) is 31.5 Å². The molecule has 30 heavy (non-hydrogen) atoms. The van der Waals surface area contributed by atoms with Gasteiger partial charge in [0.25, 0.3) is 0 Å². The predicted molar refractivity (Wildman–Crippen MR) is 118 cm³/mol. The van der Waals surface area contributed by atoms with Gasteiger partial charge in [-0.2, -0.15) is 0 Å². The first-order valence-corrected chi connectivity index (χ1v) is 10.0. The molecule has 0 amide bonds. The summed E-state index contributed by atoms with van der Waals surface area (Å²) in [6.45, 7) is 2.89. The summed E-state index contributed by atoms with van der Waals surface area (Å²) < 4.78 is 10.9. The first kappa shape index (κ1) is 21.5. The molecule has 0 spiro atoms. The molecule has 1 atom stereocenters. The number of carbonyl (C=O) groups is 1. The molecule has 0 saturated heterocycles. The Morgan fingerprint density at radius 1 is 0.900 bits per heavy atom. The molecule has 0 aliphatic heterocycles. The molecule has 0 saturated carbocycles. The number of carbonyl (C=O) groups excluding carboxylic acids is 1. The molecule has 0 aliphatic rings. The molecule has 0 fully saturated rings. The van der Waals surface area contributed by atoms with Crippen molar-refractivity contribution in [3.05, 3.63) is 113 Å². The second-order valence-electron chi connectivity index (χ2n) is 6.82. The molecule has 0 bridgehead atoms. The van der Waals surface area contributed by atoms with Gasteiger partial charge in [0.1, 0.15) is 0 Å². The smallest absolute Gasteiger partial charge is 0.338 e. The standard InChI is InChI=1S/C26H26O4/c1-2-30-26(28)23-15-13-20(14-16-23)18-29-19-24(21-9-5-3-6-10-21)17-25(27)22-11-7-4-8-12-22/h3-17,25,27H,2,18-19H2,1H3/b24-17+. The fourth-order valence-electron chi connectivity index (χ4n) is 3.05. The normalized spacial score (nSPS) is 12.4. The van der Waals surface area contributed by atoms with Crippen molar-refractivity contribution in [3.8, 4) is 0 Å². The van der Waals surface area contributed by atoms with Crippen molar-refractivity contribution in [2.24, 2.45) is 0 Å². The van der Waals surface area contributed by atoms with Crippen LogP contribution in [0.15, 0.2) is 91.0 Å². The van der Waals surface area contributed by atoms with Gasteiger partial charge >= 0.3 is 5.97 Å². The Labute approximate surface area is 177 Å². The first-order valence-electron chi connectivity index (χ1n) is 10.0. The van der Waals surface area contributed by atoms with Crippen molar-refractivity contribution < 1.29 is 19.4 Å². The minimum Gasteiger partial charge on any atom is -0.462 e. The Hall–Kier alpha value is -3.21. The number of hydrogen-bond acceptors (Lipinski definition) is 4. The van der Waals surface area contributed by atoms with Gasteiger partial charge in [-0.25, -0.2) is 4.79 Å². The number of ether oxygens (including phenoxy) is 2. The van der Waals surface area contributed by atoms with E-state index in [0.717, 1.165) is 22.3 Å². The maximum Gasteiger partial charge on any atom is 0.338 e. The van der Waals surface area contributed by atoms with Crippen LogP contribution in [0, 0.1) is 0 Å². The van der Waals surface area contributed by atoms with Crippen molar-refractivity contribution in [2.75, 3.05) is 13.2 Å². The van der Waals surface area contributed by atoms with Crippen LogP contribution < -0.4 is 0 Å². The summed E-state index contributed by atoms with van der Waals surface area (Å²) in [6, 6.07) is 26.6. The zero-order valence-corrected chi connectivity index (χ0v) is 17.0. The lowest BCUT2D eigenvalue weighted by Crippen LogP contribution is -2.05. The third kappa shape index (κ3) is 6.14. The monoisotopic (exact) mass is 402 g/mol. The van der Waals surface area contributed by atoms with Crippen LogP contribution >= 0.6 is 0 Å². The van der Waals surface area contributed by atoms with E-state index in [-0.39, 0.29) is 5.97 Å². The average Bonchev–Trinajstić information content (AvgIpc) is 2.80. The zero-order chi connectivity index (χ0) is 21.2. The van der Waals surface area contributed by atoms with Gasteiger partial charge in [0.2, 0.25) is 0 Å². The molecule has 0 heterocycles. The van der Waals surface area contributed by atoms with Crippen molar-refractivity contribution >= 4 is 11.5 Å². The topological polar surface area (TPSA) is 55.8 Å². The highest BCUT2D eigenvalue weighted by atomic mass is 16.5. The fraction of sp³-hybridized carbons (Fsp3) is 0.192. The van der Waals surface area contributed by atoms with Gasteiger partial charge in [0, 0.05) is 0 Å². The molecule has 0 radical (unpaired) electrons. The SMILES string of the molecule is CCOC(=O)c1ccc(COC/C(=C\C(O)c2ccccc2)c2ccccc2)cc1. The Bertz CT molecular complexity index is 947. The van der Waals surface area contributed by atoms with Gasteiger partial charge in [-0.3, -0.25) is 0 Å². The van der Waals surface area contributed by atoms with Crippen molar-refractivity contribution in [1.29, 1.82) is 0 Å². The van der Waals surface area contributed by atoms with Crippen molar-refractivity contribution in [2.45, 2.75) is 19.6 Å². The zero-order valence-electron chi connectivity index (χ0n) is 17.0. The van der Waals surface area contributed by atoms with E-state index in [1.54, 1.807) is 19.1 Å². The van der Waals surface area contributed by atoms with Crippen LogP contribution in [0.1, 0.15) is 40.1 Å². The van der Waals surface area contributed by atoms with Crippen molar-refractivity contribution in [1.82, 2.24) is 0 Å². The van der Waals surface area contributed by atoms with Gasteiger partial charge in [-0.05, 0) is 47.4 Å². The van der Waals surface area contributed by atoms with Crippen LogP contribution in [-0.4, -0.2) is 24.3 Å². The molecular weight excluding hydrogens is 376 g/mol. The quantitative estimate of drug-likeness (QED) is 0.500. The largest absolute Gasteiger partial charge is 0.462 e. The second-order valence-corrected chi connectivity index (χ2v) is 6.82. The van der Waals surface area contributed by atoms with Crippen LogP contribution in [0.3, 0.4) is 0 Å². The molecule has 3 rings (SSSR count). The van der Waals surface area contributed by atoms with E-state index in [1.165, 1.54) is 0 Å². The lowest BCUT2D eigenvalue weighted by molar-refractivity contribution is 0.0526. The summed E-state index contributed by atoms with van der Waals surface area (Å²) in [4.78, 5) is 11.8. The van der Waals surface area contributed by atoms with Gasteiger partial charge < -0.3 is 14.6 Å². The Morgan fingerprint density at radius 3 is 2.17 bits per heavy atom. The second kappa shape index (κ2) is 11.1. The average molecular weight is 402 g/mol. The minimum atomic E-state index is -0.714.